The van der Waals surface area contributed by atoms with E-state index in [2.05, 4.69) is 5.10 Å². The Labute approximate surface area is 123 Å². The van der Waals surface area contributed by atoms with Crippen molar-refractivity contribution in [2.75, 3.05) is 0 Å². The summed E-state index contributed by atoms with van der Waals surface area (Å²) in [6.45, 7) is 3.01. The van der Waals surface area contributed by atoms with Crippen molar-refractivity contribution in [3.05, 3.63) is 34.3 Å². The Hall–Kier alpha value is -1.60. The van der Waals surface area contributed by atoms with Crippen molar-refractivity contribution in [3.8, 4) is 0 Å². The lowest BCUT2D eigenvalue weighted by Gasteiger charge is -2.32. The first-order chi connectivity index (χ1) is 9.56. The molecule has 0 saturated heterocycles. The van der Waals surface area contributed by atoms with Gasteiger partial charge in [0.15, 0.2) is 0 Å². The summed E-state index contributed by atoms with van der Waals surface area (Å²) in [5.41, 5.74) is -2.71. The van der Waals surface area contributed by atoms with Crippen LogP contribution in [0.15, 0.2) is 23.3 Å². The van der Waals surface area contributed by atoms with Crippen molar-refractivity contribution in [2.45, 2.75) is 32.2 Å². The highest BCUT2D eigenvalue weighted by atomic mass is 35.5. The second-order valence-corrected chi connectivity index (χ2v) is 5.31. The highest BCUT2D eigenvalue weighted by Crippen LogP contribution is 2.41. The minimum Gasteiger partial charge on any atom is -0.362 e. The fourth-order valence-electron chi connectivity index (χ4n) is 2.00. The zero-order valence-corrected chi connectivity index (χ0v) is 12.0. The standard InChI is InChI=1S/C13H12ClF3N2O2/c1-7-3-4-9(5-10(7)14)11(20)19-12(21,13(15,16)17)6-8(2)18-19/h3-5,21H,6H2,1-2H3/t12-/m0/s1. The zero-order valence-electron chi connectivity index (χ0n) is 11.2. The van der Waals surface area contributed by atoms with Crippen molar-refractivity contribution in [2.24, 2.45) is 5.10 Å². The van der Waals surface area contributed by atoms with Gasteiger partial charge >= 0.3 is 6.18 Å². The molecule has 1 atom stereocenters. The molecule has 4 nitrogen and oxygen atoms in total. The minimum atomic E-state index is -5.02. The molecule has 0 unspecified atom stereocenters. The number of hydrogen-bond donors (Lipinski definition) is 1. The van der Waals surface area contributed by atoms with Gasteiger partial charge in [-0.1, -0.05) is 17.7 Å². The third-order valence-electron chi connectivity index (χ3n) is 3.19. The van der Waals surface area contributed by atoms with Crippen LogP contribution in [0.25, 0.3) is 0 Å². The van der Waals surface area contributed by atoms with Gasteiger partial charge in [-0.25, -0.2) is 0 Å². The Kier molecular flexibility index (Phi) is 3.75. The number of carbonyl (C=O) groups is 1. The van der Waals surface area contributed by atoms with Crippen LogP contribution in [0.4, 0.5) is 13.2 Å². The first kappa shape index (κ1) is 15.8. The number of halogens is 4. The first-order valence-electron chi connectivity index (χ1n) is 6.00. The Balaban J connectivity index is 2.43. The second-order valence-electron chi connectivity index (χ2n) is 4.91. The smallest absolute Gasteiger partial charge is 0.362 e. The maximum absolute atomic E-state index is 13.0. The first-order valence-corrected chi connectivity index (χ1v) is 6.38. The molecule has 1 aromatic rings. The van der Waals surface area contributed by atoms with E-state index in [1.165, 1.54) is 25.1 Å². The van der Waals surface area contributed by atoms with Crippen LogP contribution in [-0.2, 0) is 0 Å². The van der Waals surface area contributed by atoms with Gasteiger partial charge in [-0.05, 0) is 31.5 Å². The molecule has 0 aromatic heterocycles. The lowest BCUT2D eigenvalue weighted by molar-refractivity contribution is -0.297. The number of carbonyl (C=O) groups excluding carboxylic acids is 1. The molecule has 0 saturated carbocycles. The zero-order chi connectivity index (χ0) is 16.0. The van der Waals surface area contributed by atoms with Gasteiger partial charge in [-0.3, -0.25) is 4.79 Å². The van der Waals surface area contributed by atoms with Crippen molar-refractivity contribution < 1.29 is 23.1 Å². The summed E-state index contributed by atoms with van der Waals surface area (Å²) >= 11 is 5.86. The molecule has 1 N–H and O–H groups in total. The van der Waals surface area contributed by atoms with Crippen LogP contribution >= 0.6 is 11.6 Å². The third-order valence-corrected chi connectivity index (χ3v) is 3.60. The summed E-state index contributed by atoms with van der Waals surface area (Å²) in [4.78, 5) is 12.2. The average Bonchev–Trinajstić information content (AvgIpc) is 2.68. The molecule has 8 heteroatoms. The maximum Gasteiger partial charge on any atom is 0.438 e. The van der Waals surface area contributed by atoms with Crippen LogP contribution in [-0.4, -0.2) is 33.6 Å². The molecule has 1 aromatic carbocycles. The van der Waals surface area contributed by atoms with E-state index in [4.69, 9.17) is 11.6 Å². The number of rotatable bonds is 1. The molecule has 1 aliphatic heterocycles. The Morgan fingerprint density at radius 1 is 1.43 bits per heavy atom. The molecule has 1 heterocycles. The molecular weight excluding hydrogens is 309 g/mol. The molecule has 0 bridgehead atoms. The van der Waals surface area contributed by atoms with Gasteiger partial charge in [0.05, 0.1) is 0 Å². The summed E-state index contributed by atoms with van der Waals surface area (Å²) in [5, 5.41) is 13.7. The lowest BCUT2D eigenvalue weighted by atomic mass is 10.1. The molecule has 1 amide bonds. The van der Waals surface area contributed by atoms with E-state index in [1.807, 2.05) is 0 Å². The number of aliphatic hydroxyl groups is 1. The molecule has 0 fully saturated rings. The van der Waals surface area contributed by atoms with Gasteiger partial charge in [-0.15, -0.1) is 0 Å². The third kappa shape index (κ3) is 2.63. The molecule has 2 rings (SSSR count). The summed E-state index contributed by atoms with van der Waals surface area (Å²) in [6.07, 6.45) is -5.79. The predicted molar refractivity (Wildman–Crippen MR) is 71.1 cm³/mol. The quantitative estimate of drug-likeness (QED) is 0.864. The van der Waals surface area contributed by atoms with Crippen LogP contribution in [0.3, 0.4) is 0 Å². The number of hydrazone groups is 1. The highest BCUT2D eigenvalue weighted by molar-refractivity contribution is 6.31. The Morgan fingerprint density at radius 3 is 2.57 bits per heavy atom. The highest BCUT2D eigenvalue weighted by Gasteiger charge is 2.62. The van der Waals surface area contributed by atoms with Gasteiger partial charge in [-0.2, -0.15) is 23.3 Å². The summed E-state index contributed by atoms with van der Waals surface area (Å²) in [6, 6.07) is 4.09. The summed E-state index contributed by atoms with van der Waals surface area (Å²) < 4.78 is 39.1. The van der Waals surface area contributed by atoms with Crippen LogP contribution in [0, 0.1) is 6.92 Å². The topological polar surface area (TPSA) is 52.9 Å². The lowest BCUT2D eigenvalue weighted by Crippen LogP contribution is -2.56. The van der Waals surface area contributed by atoms with Gasteiger partial charge in [0, 0.05) is 22.7 Å². The molecule has 21 heavy (non-hydrogen) atoms. The summed E-state index contributed by atoms with van der Waals surface area (Å²) in [5.74, 6) is -1.06. The van der Waals surface area contributed by atoms with Crippen LogP contribution in [0.2, 0.25) is 5.02 Å². The Bertz CT molecular complexity index is 630. The molecule has 0 aliphatic carbocycles. The number of benzene rings is 1. The molecule has 0 spiro atoms. The number of alkyl halides is 3. The molecule has 1 aliphatic rings. The Morgan fingerprint density at radius 2 is 2.05 bits per heavy atom. The SMILES string of the molecule is CC1=NN(C(=O)c2ccc(C)c(Cl)c2)[C@@](O)(C(F)(F)F)C1. The molecule has 114 valence electrons. The van der Waals surface area contributed by atoms with E-state index < -0.39 is 24.2 Å². The fourth-order valence-corrected chi connectivity index (χ4v) is 2.18. The fraction of sp³-hybridized carbons (Fsp3) is 0.385. The van der Waals surface area contributed by atoms with Crippen molar-refractivity contribution in [1.82, 2.24) is 5.01 Å². The van der Waals surface area contributed by atoms with E-state index in [1.54, 1.807) is 6.92 Å². The minimum absolute atomic E-state index is 0.0152. The van der Waals surface area contributed by atoms with Crippen molar-refractivity contribution >= 4 is 23.2 Å². The van der Waals surface area contributed by atoms with Crippen LogP contribution < -0.4 is 0 Å². The van der Waals surface area contributed by atoms with Crippen LogP contribution in [0.5, 0.6) is 0 Å². The van der Waals surface area contributed by atoms with Crippen LogP contribution in [0.1, 0.15) is 29.3 Å². The average molecular weight is 321 g/mol. The van der Waals surface area contributed by atoms with E-state index in [-0.39, 0.29) is 21.3 Å². The number of hydrogen-bond acceptors (Lipinski definition) is 3. The van der Waals surface area contributed by atoms with Crippen molar-refractivity contribution in [1.29, 1.82) is 0 Å². The molecule has 0 radical (unpaired) electrons. The number of aryl methyl sites for hydroxylation is 1. The van der Waals surface area contributed by atoms with Gasteiger partial charge < -0.3 is 5.11 Å². The van der Waals surface area contributed by atoms with E-state index in [9.17, 15) is 23.1 Å². The monoisotopic (exact) mass is 320 g/mol. The van der Waals surface area contributed by atoms with Gasteiger partial charge in [0.2, 0.25) is 0 Å². The maximum atomic E-state index is 13.0. The van der Waals surface area contributed by atoms with E-state index in [0.717, 1.165) is 0 Å². The van der Waals surface area contributed by atoms with Crippen molar-refractivity contribution in [3.63, 3.8) is 0 Å². The van der Waals surface area contributed by atoms with E-state index in [0.29, 0.717) is 5.56 Å². The predicted octanol–water partition coefficient (Wildman–Crippen LogP) is 3.12. The molecular formula is C13H12ClF3N2O2. The van der Waals surface area contributed by atoms with Gasteiger partial charge in [0.1, 0.15) is 0 Å². The van der Waals surface area contributed by atoms with E-state index >= 15 is 0 Å². The largest absolute Gasteiger partial charge is 0.438 e. The normalized spacial score (nSPS) is 22.4. The summed E-state index contributed by atoms with van der Waals surface area (Å²) in [7, 11) is 0. The second kappa shape index (κ2) is 4.99. The number of amides is 1. The van der Waals surface area contributed by atoms with Gasteiger partial charge in [0.25, 0.3) is 11.6 Å². The number of nitrogens with zero attached hydrogens (tertiary/aromatic N) is 2.